The number of aromatic nitrogens is 2. The van der Waals surface area contributed by atoms with E-state index in [9.17, 15) is 19.7 Å². The van der Waals surface area contributed by atoms with E-state index in [2.05, 4.69) is 4.98 Å². The van der Waals surface area contributed by atoms with Crippen molar-refractivity contribution in [3.8, 4) is 0 Å². The van der Waals surface area contributed by atoms with E-state index in [1.807, 2.05) is 0 Å². The van der Waals surface area contributed by atoms with Crippen LogP contribution in [0.4, 0.5) is 5.82 Å². The molecule has 0 fully saturated rings. The molecule has 9 nitrogen and oxygen atoms in total. The Morgan fingerprint density at radius 1 is 1.40 bits per heavy atom. The number of para-hydroxylation sites is 1. The lowest BCUT2D eigenvalue weighted by Gasteiger charge is -2.05. The number of fused-ring (bicyclic) bond motifs is 1. The van der Waals surface area contributed by atoms with Crippen LogP contribution in [0.25, 0.3) is 11.0 Å². The van der Waals surface area contributed by atoms with Gasteiger partial charge in [0.05, 0.1) is 5.39 Å². The zero-order valence-electron chi connectivity index (χ0n) is 13.2. The van der Waals surface area contributed by atoms with E-state index >= 15 is 0 Å². The molecule has 3 rings (SSSR count). The minimum absolute atomic E-state index is 0.0612. The summed E-state index contributed by atoms with van der Waals surface area (Å²) in [5, 5.41) is 11.3. The van der Waals surface area contributed by atoms with Gasteiger partial charge in [0, 0.05) is 13.0 Å². The summed E-state index contributed by atoms with van der Waals surface area (Å²) < 4.78 is 11.8. The lowest BCUT2D eigenvalue weighted by Crippen LogP contribution is -2.15. The molecule has 2 heterocycles. The number of carbonyl (C=O) groups is 1. The summed E-state index contributed by atoms with van der Waals surface area (Å²) in [6.07, 6.45) is 1.14. The number of esters is 1. The molecular formula is C16H13N3O6. The summed E-state index contributed by atoms with van der Waals surface area (Å²) in [5.41, 5.74) is -0.0714. The second-order valence-electron chi connectivity index (χ2n) is 5.18. The Balaban J connectivity index is 1.73. The number of benzene rings is 1. The van der Waals surface area contributed by atoms with Gasteiger partial charge < -0.3 is 19.3 Å². The van der Waals surface area contributed by atoms with Gasteiger partial charge in [-0.05, 0) is 17.1 Å². The zero-order chi connectivity index (χ0) is 18.0. The predicted octanol–water partition coefficient (Wildman–Crippen LogP) is 2.06. The van der Waals surface area contributed by atoms with Crippen molar-refractivity contribution >= 4 is 22.8 Å². The van der Waals surface area contributed by atoms with Crippen molar-refractivity contribution in [1.82, 2.24) is 9.55 Å². The Bertz CT molecular complexity index is 1020. The van der Waals surface area contributed by atoms with Gasteiger partial charge in [0.2, 0.25) is 5.76 Å². The summed E-state index contributed by atoms with van der Waals surface area (Å²) >= 11 is 0. The Morgan fingerprint density at radius 2 is 2.16 bits per heavy atom. The number of hydrogen-bond donors (Lipinski definition) is 0. The van der Waals surface area contributed by atoms with E-state index in [1.54, 1.807) is 31.2 Å². The molecule has 25 heavy (non-hydrogen) atoms. The van der Waals surface area contributed by atoms with E-state index in [0.717, 1.165) is 12.3 Å². The molecule has 0 aliphatic carbocycles. The molecule has 1 aromatic carbocycles. The average molecular weight is 343 g/mol. The van der Waals surface area contributed by atoms with Gasteiger partial charge in [0.1, 0.15) is 24.9 Å². The van der Waals surface area contributed by atoms with Gasteiger partial charge in [-0.3, -0.25) is 4.79 Å². The molecule has 0 atom stereocenters. The first-order valence-corrected chi connectivity index (χ1v) is 7.34. The predicted molar refractivity (Wildman–Crippen MR) is 86.4 cm³/mol. The van der Waals surface area contributed by atoms with E-state index in [-0.39, 0.29) is 35.7 Å². The Morgan fingerprint density at radius 3 is 2.92 bits per heavy atom. The highest BCUT2D eigenvalue weighted by Gasteiger charge is 2.19. The molecule has 0 saturated carbocycles. The van der Waals surface area contributed by atoms with Gasteiger partial charge in [-0.1, -0.05) is 12.1 Å². The van der Waals surface area contributed by atoms with Crippen LogP contribution in [0.15, 0.2) is 45.7 Å². The van der Waals surface area contributed by atoms with Crippen LogP contribution in [0.5, 0.6) is 0 Å². The molecule has 0 bridgehead atoms. The maximum absolute atomic E-state index is 12.1. The maximum Gasteiger partial charge on any atom is 0.374 e. The SMILES string of the molecule is Cc1ncc([N+](=O)[O-])n1CCOC(=O)c1cc(=O)c2ccccc2o1. The van der Waals surface area contributed by atoms with Gasteiger partial charge in [-0.15, -0.1) is 0 Å². The third kappa shape index (κ3) is 3.25. The van der Waals surface area contributed by atoms with E-state index in [1.165, 1.54) is 4.57 Å². The van der Waals surface area contributed by atoms with E-state index < -0.39 is 10.9 Å². The molecular weight excluding hydrogens is 330 g/mol. The average Bonchev–Trinajstić information content (AvgIpc) is 2.96. The monoisotopic (exact) mass is 343 g/mol. The summed E-state index contributed by atoms with van der Waals surface area (Å²) in [6, 6.07) is 7.61. The van der Waals surface area contributed by atoms with Crippen LogP contribution in [0.1, 0.15) is 16.4 Å². The zero-order valence-corrected chi connectivity index (χ0v) is 13.2. The number of ether oxygens (including phenoxy) is 1. The van der Waals surface area contributed by atoms with Gasteiger partial charge >= 0.3 is 11.8 Å². The molecule has 9 heteroatoms. The minimum atomic E-state index is -0.816. The first kappa shape index (κ1) is 16.4. The van der Waals surface area contributed by atoms with Crippen molar-refractivity contribution in [3.05, 3.63) is 68.5 Å². The maximum atomic E-state index is 12.1. The first-order chi connectivity index (χ1) is 12.0. The molecule has 128 valence electrons. The third-order valence-corrected chi connectivity index (χ3v) is 3.60. The lowest BCUT2D eigenvalue weighted by atomic mass is 10.2. The molecule has 0 amide bonds. The topological polar surface area (TPSA) is 117 Å². The molecule has 3 aromatic rings. The van der Waals surface area contributed by atoms with Crippen molar-refractivity contribution in [2.24, 2.45) is 0 Å². The molecule has 0 saturated heterocycles. The van der Waals surface area contributed by atoms with Crippen molar-refractivity contribution in [3.63, 3.8) is 0 Å². The second-order valence-corrected chi connectivity index (χ2v) is 5.18. The first-order valence-electron chi connectivity index (χ1n) is 7.34. The van der Waals surface area contributed by atoms with Gasteiger partial charge in [0.15, 0.2) is 11.3 Å². The van der Waals surface area contributed by atoms with E-state index in [0.29, 0.717) is 11.2 Å². The van der Waals surface area contributed by atoms with Crippen molar-refractivity contribution < 1.29 is 18.9 Å². The summed E-state index contributed by atoms with van der Waals surface area (Å²) in [5.74, 6) is -0.797. The number of hydrogen-bond acceptors (Lipinski definition) is 7. The fourth-order valence-corrected chi connectivity index (χ4v) is 2.38. The molecule has 0 unspecified atom stereocenters. The standard InChI is InChI=1S/C16H13N3O6/c1-10-17-9-15(19(22)23)18(10)6-7-24-16(21)14-8-12(20)11-4-2-3-5-13(11)25-14/h2-5,8-9H,6-7H2,1H3. The second kappa shape index (κ2) is 6.56. The fourth-order valence-electron chi connectivity index (χ4n) is 2.38. The third-order valence-electron chi connectivity index (χ3n) is 3.60. The number of carbonyl (C=O) groups excluding carboxylic acids is 1. The highest BCUT2D eigenvalue weighted by Crippen LogP contribution is 2.14. The molecule has 0 radical (unpaired) electrons. The van der Waals surface area contributed by atoms with Crippen LogP contribution >= 0.6 is 0 Å². The Kier molecular flexibility index (Phi) is 4.29. The van der Waals surface area contributed by atoms with Crippen LogP contribution in [0, 0.1) is 17.0 Å². The molecule has 0 N–H and O–H groups in total. The molecule has 0 spiro atoms. The van der Waals surface area contributed by atoms with Gasteiger partial charge in [-0.2, -0.15) is 0 Å². The Labute approximate surface area is 140 Å². The van der Waals surface area contributed by atoms with Crippen molar-refractivity contribution in [2.75, 3.05) is 6.61 Å². The normalized spacial score (nSPS) is 10.8. The van der Waals surface area contributed by atoms with Gasteiger partial charge in [0.25, 0.3) is 0 Å². The number of nitrogens with zero attached hydrogens (tertiary/aromatic N) is 3. The number of nitro groups is 1. The summed E-state index contributed by atoms with van der Waals surface area (Å²) in [6.45, 7) is 1.54. The highest BCUT2D eigenvalue weighted by molar-refractivity contribution is 5.88. The summed E-state index contributed by atoms with van der Waals surface area (Å²) in [7, 11) is 0. The quantitative estimate of drug-likeness (QED) is 0.395. The molecule has 2 aromatic heterocycles. The van der Waals surface area contributed by atoms with Crippen LogP contribution in [-0.4, -0.2) is 27.1 Å². The smallest absolute Gasteiger partial charge is 0.374 e. The number of imidazole rings is 1. The largest absolute Gasteiger partial charge is 0.456 e. The van der Waals surface area contributed by atoms with E-state index in [4.69, 9.17) is 9.15 Å². The molecule has 0 aliphatic heterocycles. The van der Waals surface area contributed by atoms with Crippen LogP contribution in [0.2, 0.25) is 0 Å². The Hall–Kier alpha value is -3.49. The number of rotatable bonds is 5. The van der Waals surface area contributed by atoms with Crippen LogP contribution < -0.4 is 5.43 Å². The van der Waals surface area contributed by atoms with Gasteiger partial charge in [-0.25, -0.2) is 14.3 Å². The highest BCUT2D eigenvalue weighted by atomic mass is 16.6. The minimum Gasteiger partial charge on any atom is -0.456 e. The van der Waals surface area contributed by atoms with Crippen molar-refractivity contribution in [1.29, 1.82) is 0 Å². The molecule has 0 aliphatic rings. The van der Waals surface area contributed by atoms with Crippen molar-refractivity contribution in [2.45, 2.75) is 13.5 Å². The summed E-state index contributed by atoms with van der Waals surface area (Å²) in [4.78, 5) is 38.2. The number of aryl methyl sites for hydroxylation is 1. The van der Waals surface area contributed by atoms with Crippen LogP contribution in [-0.2, 0) is 11.3 Å². The fraction of sp³-hybridized carbons (Fsp3) is 0.188. The van der Waals surface area contributed by atoms with Crippen LogP contribution in [0.3, 0.4) is 0 Å². The lowest BCUT2D eigenvalue weighted by molar-refractivity contribution is -0.392.